The molecule has 3 heterocycles. The normalized spacial score (nSPS) is 10.9. The van der Waals surface area contributed by atoms with Crippen molar-refractivity contribution in [3.63, 3.8) is 0 Å². The fraction of sp³-hybridized carbons (Fsp3) is 0.143. The third-order valence-corrected chi connectivity index (χ3v) is 5.82. The SMILES string of the molecule is Cc1ccsc1-c1sccc1-c1ccsc1C. The lowest BCUT2D eigenvalue weighted by Gasteiger charge is -2.02. The molecule has 17 heavy (non-hydrogen) atoms. The molecule has 3 rings (SSSR count). The minimum atomic E-state index is 1.38. The van der Waals surface area contributed by atoms with Crippen molar-refractivity contribution in [2.24, 2.45) is 0 Å². The van der Waals surface area contributed by atoms with Crippen molar-refractivity contribution in [2.75, 3.05) is 0 Å². The van der Waals surface area contributed by atoms with Gasteiger partial charge in [0.05, 0.1) is 4.88 Å². The van der Waals surface area contributed by atoms with E-state index in [1.807, 2.05) is 34.0 Å². The molecule has 86 valence electrons. The van der Waals surface area contributed by atoms with Crippen LogP contribution in [0.3, 0.4) is 0 Å². The van der Waals surface area contributed by atoms with E-state index in [9.17, 15) is 0 Å². The number of hydrogen-bond donors (Lipinski definition) is 0. The Hall–Kier alpha value is -0.900. The second-order valence-corrected chi connectivity index (χ2v) is 6.94. The molecule has 0 nitrogen and oxygen atoms in total. The first-order valence-electron chi connectivity index (χ1n) is 5.44. The molecule has 3 heteroatoms. The summed E-state index contributed by atoms with van der Waals surface area (Å²) < 4.78 is 0. The molecule has 0 spiro atoms. The summed E-state index contributed by atoms with van der Waals surface area (Å²) in [5.74, 6) is 0. The van der Waals surface area contributed by atoms with Gasteiger partial charge in [-0.15, -0.1) is 34.0 Å². The summed E-state index contributed by atoms with van der Waals surface area (Å²) in [7, 11) is 0. The third kappa shape index (κ3) is 1.88. The molecular weight excluding hydrogens is 264 g/mol. The fourth-order valence-corrected chi connectivity index (χ4v) is 4.76. The molecule has 0 aromatic carbocycles. The van der Waals surface area contributed by atoms with Crippen molar-refractivity contribution in [1.82, 2.24) is 0 Å². The van der Waals surface area contributed by atoms with Crippen molar-refractivity contribution >= 4 is 34.0 Å². The van der Waals surface area contributed by atoms with E-state index in [-0.39, 0.29) is 0 Å². The van der Waals surface area contributed by atoms with Crippen molar-refractivity contribution in [3.8, 4) is 20.9 Å². The quantitative estimate of drug-likeness (QED) is 0.553. The summed E-state index contributed by atoms with van der Waals surface area (Å²) in [4.78, 5) is 4.23. The molecule has 0 aliphatic carbocycles. The van der Waals surface area contributed by atoms with Gasteiger partial charge in [0.2, 0.25) is 0 Å². The molecule has 0 atom stereocenters. The van der Waals surface area contributed by atoms with Gasteiger partial charge in [0, 0.05) is 15.3 Å². The second-order valence-electron chi connectivity index (χ2n) is 3.99. The van der Waals surface area contributed by atoms with E-state index in [4.69, 9.17) is 0 Å². The van der Waals surface area contributed by atoms with Crippen LogP contribution in [-0.4, -0.2) is 0 Å². The molecule has 0 N–H and O–H groups in total. The molecule has 0 unspecified atom stereocenters. The molecule has 0 saturated heterocycles. The van der Waals surface area contributed by atoms with Crippen molar-refractivity contribution in [2.45, 2.75) is 13.8 Å². The topological polar surface area (TPSA) is 0 Å². The van der Waals surface area contributed by atoms with Crippen LogP contribution in [0.25, 0.3) is 20.9 Å². The maximum atomic E-state index is 2.24. The molecule has 3 aromatic rings. The first-order valence-corrected chi connectivity index (χ1v) is 8.07. The Morgan fingerprint density at radius 3 is 2.00 bits per heavy atom. The number of rotatable bonds is 2. The third-order valence-electron chi connectivity index (χ3n) is 2.88. The Kier molecular flexibility index (Phi) is 2.90. The molecule has 0 bridgehead atoms. The number of thiophene rings is 3. The summed E-state index contributed by atoms with van der Waals surface area (Å²) in [5, 5.41) is 6.54. The van der Waals surface area contributed by atoms with Crippen LogP contribution in [0, 0.1) is 13.8 Å². The van der Waals surface area contributed by atoms with Crippen molar-refractivity contribution in [1.29, 1.82) is 0 Å². The highest BCUT2D eigenvalue weighted by atomic mass is 32.1. The van der Waals surface area contributed by atoms with E-state index in [0.29, 0.717) is 0 Å². The molecule has 0 fully saturated rings. The summed E-state index contributed by atoms with van der Waals surface area (Å²) in [5.41, 5.74) is 4.16. The molecule has 0 aliphatic rings. The lowest BCUT2D eigenvalue weighted by Crippen LogP contribution is -1.77. The molecular formula is C14H12S3. The molecule has 0 radical (unpaired) electrons. The molecule has 0 saturated carbocycles. The highest BCUT2D eigenvalue weighted by Gasteiger charge is 2.14. The lowest BCUT2D eigenvalue weighted by molar-refractivity contribution is 1.55. The highest BCUT2D eigenvalue weighted by molar-refractivity contribution is 7.21. The van der Waals surface area contributed by atoms with Gasteiger partial charge in [0.1, 0.15) is 0 Å². The van der Waals surface area contributed by atoms with E-state index in [2.05, 4.69) is 48.2 Å². The van der Waals surface area contributed by atoms with Gasteiger partial charge in [0.15, 0.2) is 0 Å². The minimum absolute atomic E-state index is 1.38. The first-order chi connectivity index (χ1) is 8.27. The van der Waals surface area contributed by atoms with Gasteiger partial charge in [-0.2, -0.15) is 0 Å². The van der Waals surface area contributed by atoms with Crippen LogP contribution in [0.5, 0.6) is 0 Å². The van der Waals surface area contributed by atoms with E-state index in [1.54, 1.807) is 0 Å². The van der Waals surface area contributed by atoms with Crippen LogP contribution >= 0.6 is 34.0 Å². The van der Waals surface area contributed by atoms with Crippen LogP contribution in [0.15, 0.2) is 34.3 Å². The summed E-state index contributed by atoms with van der Waals surface area (Å²) >= 11 is 5.50. The fourth-order valence-electron chi connectivity index (χ4n) is 1.97. The second kappa shape index (κ2) is 4.41. The average molecular weight is 276 g/mol. The highest BCUT2D eigenvalue weighted by Crippen LogP contribution is 2.42. The van der Waals surface area contributed by atoms with Gasteiger partial charge in [-0.3, -0.25) is 0 Å². The van der Waals surface area contributed by atoms with Crippen molar-refractivity contribution in [3.05, 3.63) is 44.8 Å². The lowest BCUT2D eigenvalue weighted by atomic mass is 10.1. The molecule has 3 aromatic heterocycles. The smallest absolute Gasteiger partial charge is 0.0524 e. The van der Waals surface area contributed by atoms with Crippen LogP contribution in [0.1, 0.15) is 10.4 Å². The monoisotopic (exact) mass is 276 g/mol. The summed E-state index contributed by atoms with van der Waals surface area (Å²) in [6.07, 6.45) is 0. The van der Waals surface area contributed by atoms with E-state index in [1.165, 1.54) is 31.3 Å². The van der Waals surface area contributed by atoms with Crippen LogP contribution in [0.4, 0.5) is 0 Å². The van der Waals surface area contributed by atoms with Crippen LogP contribution in [0.2, 0.25) is 0 Å². The Balaban J connectivity index is 2.19. The van der Waals surface area contributed by atoms with E-state index in [0.717, 1.165) is 0 Å². The van der Waals surface area contributed by atoms with Gasteiger partial charge >= 0.3 is 0 Å². The zero-order valence-corrected chi connectivity index (χ0v) is 12.1. The standard InChI is InChI=1S/C14H12S3/c1-9-3-6-16-13(9)14-12(5-8-17-14)11-4-7-15-10(11)2/h3-8H,1-2H3. The maximum Gasteiger partial charge on any atom is 0.0524 e. The molecule has 0 aliphatic heterocycles. The zero-order chi connectivity index (χ0) is 11.8. The van der Waals surface area contributed by atoms with Gasteiger partial charge < -0.3 is 0 Å². The number of aryl methyl sites for hydroxylation is 2. The largest absolute Gasteiger partial charge is 0.149 e. The van der Waals surface area contributed by atoms with Gasteiger partial charge in [-0.25, -0.2) is 0 Å². The van der Waals surface area contributed by atoms with E-state index >= 15 is 0 Å². The van der Waals surface area contributed by atoms with Crippen LogP contribution in [-0.2, 0) is 0 Å². The zero-order valence-electron chi connectivity index (χ0n) is 9.69. The minimum Gasteiger partial charge on any atom is -0.149 e. The Morgan fingerprint density at radius 1 is 0.706 bits per heavy atom. The Labute approximate surface area is 113 Å². The van der Waals surface area contributed by atoms with Crippen LogP contribution < -0.4 is 0 Å². The Morgan fingerprint density at radius 2 is 1.35 bits per heavy atom. The summed E-state index contributed by atoms with van der Waals surface area (Å²) in [6, 6.07) is 6.67. The first kappa shape index (κ1) is 11.2. The predicted octanol–water partition coefficient (Wildman–Crippen LogP) is 5.82. The van der Waals surface area contributed by atoms with Crippen molar-refractivity contribution < 1.29 is 0 Å². The van der Waals surface area contributed by atoms with Gasteiger partial charge in [-0.1, -0.05) is 0 Å². The molecule has 0 amide bonds. The number of hydrogen-bond acceptors (Lipinski definition) is 3. The predicted molar refractivity (Wildman–Crippen MR) is 80.4 cm³/mol. The maximum absolute atomic E-state index is 2.24. The summed E-state index contributed by atoms with van der Waals surface area (Å²) in [6.45, 7) is 4.39. The van der Waals surface area contributed by atoms with Gasteiger partial charge in [-0.05, 0) is 59.3 Å². The van der Waals surface area contributed by atoms with Gasteiger partial charge in [0.25, 0.3) is 0 Å². The average Bonchev–Trinajstić information content (AvgIpc) is 2.97. The Bertz CT molecular complexity index is 585. The van der Waals surface area contributed by atoms with E-state index < -0.39 is 0 Å².